The summed E-state index contributed by atoms with van der Waals surface area (Å²) >= 11 is 0. The minimum absolute atomic E-state index is 0.0197. The molecule has 1 amide bonds. The highest BCUT2D eigenvalue weighted by molar-refractivity contribution is 5.78. The second-order valence-corrected chi connectivity index (χ2v) is 5.29. The van der Waals surface area contributed by atoms with Gasteiger partial charge in [-0.25, -0.2) is 4.98 Å². The average Bonchev–Trinajstić information content (AvgIpc) is 3.00. The van der Waals surface area contributed by atoms with Gasteiger partial charge in [-0.1, -0.05) is 18.2 Å². The zero-order chi connectivity index (χ0) is 17.9. The number of aromatic amines is 1. The van der Waals surface area contributed by atoms with Gasteiger partial charge < -0.3 is 15.0 Å². The third-order valence-electron chi connectivity index (χ3n) is 3.42. The van der Waals surface area contributed by atoms with Crippen molar-refractivity contribution in [1.29, 1.82) is 0 Å². The number of rotatable bonds is 5. The fraction of sp³-hybridized carbons (Fsp3) is 0.176. The summed E-state index contributed by atoms with van der Waals surface area (Å²) in [7, 11) is 0. The van der Waals surface area contributed by atoms with Gasteiger partial charge in [-0.05, 0) is 30.3 Å². The number of imidazole rings is 1. The van der Waals surface area contributed by atoms with Gasteiger partial charge >= 0.3 is 6.18 Å². The monoisotopic (exact) mass is 349 g/mol. The number of amides is 1. The lowest BCUT2D eigenvalue weighted by Crippen LogP contribution is -2.28. The molecule has 0 unspecified atom stereocenters. The smallest absolute Gasteiger partial charge is 0.416 e. The number of H-pyrrole nitrogens is 1. The first-order chi connectivity index (χ1) is 11.9. The highest BCUT2D eigenvalue weighted by Gasteiger charge is 2.30. The number of carbonyl (C=O) groups excluding carboxylic acids is 1. The Morgan fingerprint density at radius 1 is 1.16 bits per heavy atom. The summed E-state index contributed by atoms with van der Waals surface area (Å²) in [5.74, 6) is 0.0974. The van der Waals surface area contributed by atoms with E-state index in [4.69, 9.17) is 4.74 Å². The molecule has 0 spiro atoms. The lowest BCUT2D eigenvalue weighted by atomic mass is 10.2. The van der Waals surface area contributed by atoms with Gasteiger partial charge in [-0.3, -0.25) is 4.79 Å². The second-order valence-electron chi connectivity index (χ2n) is 5.29. The Morgan fingerprint density at radius 2 is 1.96 bits per heavy atom. The molecule has 130 valence electrons. The van der Waals surface area contributed by atoms with Crippen LogP contribution in [0.5, 0.6) is 5.75 Å². The van der Waals surface area contributed by atoms with Gasteiger partial charge in [-0.2, -0.15) is 13.2 Å². The number of ether oxygens (including phenoxy) is 1. The largest absolute Gasteiger partial charge is 0.484 e. The van der Waals surface area contributed by atoms with Crippen LogP contribution in [0.3, 0.4) is 0 Å². The summed E-state index contributed by atoms with van der Waals surface area (Å²) in [4.78, 5) is 19.1. The minimum Gasteiger partial charge on any atom is -0.484 e. The number of carbonyl (C=O) groups is 1. The average molecular weight is 349 g/mol. The van der Waals surface area contributed by atoms with Gasteiger partial charge in [0.05, 0.1) is 23.1 Å². The Balaban J connectivity index is 1.53. The van der Waals surface area contributed by atoms with Crippen LogP contribution in [-0.4, -0.2) is 22.5 Å². The number of nitrogens with zero attached hydrogens (tertiary/aromatic N) is 1. The third kappa shape index (κ3) is 4.28. The summed E-state index contributed by atoms with van der Waals surface area (Å²) in [5.41, 5.74) is 0.812. The molecule has 1 aromatic heterocycles. The van der Waals surface area contributed by atoms with Crippen LogP contribution >= 0.6 is 0 Å². The summed E-state index contributed by atoms with van der Waals surface area (Å²) < 4.78 is 43.0. The van der Waals surface area contributed by atoms with Gasteiger partial charge in [0.25, 0.3) is 5.91 Å². The van der Waals surface area contributed by atoms with Crippen LogP contribution in [0.15, 0.2) is 48.5 Å². The summed E-state index contributed by atoms with van der Waals surface area (Å²) in [5, 5.41) is 2.60. The Kier molecular flexibility index (Phi) is 4.60. The van der Waals surface area contributed by atoms with Crippen LogP contribution < -0.4 is 10.1 Å². The van der Waals surface area contributed by atoms with E-state index in [0.29, 0.717) is 5.82 Å². The fourth-order valence-electron chi connectivity index (χ4n) is 2.23. The first-order valence-electron chi connectivity index (χ1n) is 7.42. The molecule has 0 bridgehead atoms. The molecule has 8 heteroatoms. The molecule has 3 aromatic rings. The van der Waals surface area contributed by atoms with E-state index in [1.165, 1.54) is 12.1 Å². The zero-order valence-corrected chi connectivity index (χ0v) is 12.9. The molecule has 0 saturated heterocycles. The maximum atomic E-state index is 12.6. The Labute approximate surface area is 140 Å². The Hall–Kier alpha value is -3.03. The molecule has 25 heavy (non-hydrogen) atoms. The number of benzene rings is 2. The molecule has 3 rings (SSSR count). The number of alkyl halides is 3. The molecule has 0 fully saturated rings. The van der Waals surface area contributed by atoms with Crippen molar-refractivity contribution in [2.24, 2.45) is 0 Å². The highest BCUT2D eigenvalue weighted by atomic mass is 19.4. The highest BCUT2D eigenvalue weighted by Crippen LogP contribution is 2.31. The zero-order valence-electron chi connectivity index (χ0n) is 12.9. The molecule has 0 atom stereocenters. The van der Waals surface area contributed by atoms with Crippen molar-refractivity contribution >= 4 is 16.9 Å². The quantitative estimate of drug-likeness (QED) is 0.743. The maximum absolute atomic E-state index is 12.6. The summed E-state index contributed by atoms with van der Waals surface area (Å²) in [6.07, 6.45) is -4.46. The number of hydrogen-bond acceptors (Lipinski definition) is 3. The van der Waals surface area contributed by atoms with E-state index in [2.05, 4.69) is 15.3 Å². The first kappa shape index (κ1) is 16.8. The Morgan fingerprint density at radius 3 is 2.72 bits per heavy atom. The van der Waals surface area contributed by atoms with Crippen LogP contribution in [-0.2, 0) is 17.5 Å². The second kappa shape index (κ2) is 6.84. The SMILES string of the molecule is O=C(COc1cccc(C(F)(F)F)c1)NCc1nc2ccccc2[nH]1. The van der Waals surface area contributed by atoms with E-state index < -0.39 is 17.6 Å². The lowest BCUT2D eigenvalue weighted by molar-refractivity contribution is -0.137. The maximum Gasteiger partial charge on any atom is 0.416 e. The predicted octanol–water partition coefficient (Wildman–Crippen LogP) is 3.28. The van der Waals surface area contributed by atoms with Gasteiger partial charge in [0, 0.05) is 0 Å². The van der Waals surface area contributed by atoms with E-state index in [-0.39, 0.29) is 18.9 Å². The van der Waals surface area contributed by atoms with Crippen molar-refractivity contribution in [1.82, 2.24) is 15.3 Å². The van der Waals surface area contributed by atoms with E-state index in [9.17, 15) is 18.0 Å². The molecule has 0 radical (unpaired) electrons. The van der Waals surface area contributed by atoms with Crippen molar-refractivity contribution < 1.29 is 22.7 Å². The van der Waals surface area contributed by atoms with Gasteiger partial charge in [0.15, 0.2) is 6.61 Å². The molecule has 0 saturated carbocycles. The van der Waals surface area contributed by atoms with E-state index >= 15 is 0 Å². The minimum atomic E-state index is -4.46. The molecule has 0 aliphatic rings. The molecule has 2 aromatic carbocycles. The van der Waals surface area contributed by atoms with Crippen LogP contribution in [0.25, 0.3) is 11.0 Å². The van der Waals surface area contributed by atoms with Crippen molar-refractivity contribution in [3.05, 3.63) is 59.9 Å². The van der Waals surface area contributed by atoms with Crippen LogP contribution in [0.4, 0.5) is 13.2 Å². The van der Waals surface area contributed by atoms with Crippen LogP contribution in [0, 0.1) is 0 Å². The molecular formula is C17H14F3N3O2. The van der Waals surface area contributed by atoms with Crippen molar-refractivity contribution in [2.75, 3.05) is 6.61 Å². The summed E-state index contributed by atoms with van der Waals surface area (Å²) in [6.45, 7) is -0.221. The number of fused-ring (bicyclic) bond motifs is 1. The number of nitrogens with one attached hydrogen (secondary N) is 2. The van der Waals surface area contributed by atoms with Gasteiger partial charge in [0.1, 0.15) is 11.6 Å². The van der Waals surface area contributed by atoms with E-state index in [1.54, 1.807) is 0 Å². The standard InChI is InChI=1S/C17H14F3N3O2/c18-17(19,20)11-4-3-5-12(8-11)25-10-16(24)21-9-15-22-13-6-1-2-7-14(13)23-15/h1-8H,9-10H2,(H,21,24)(H,22,23). The number of halogens is 3. The number of hydrogen-bond donors (Lipinski definition) is 2. The molecule has 0 aliphatic carbocycles. The number of aromatic nitrogens is 2. The molecule has 1 heterocycles. The molecule has 5 nitrogen and oxygen atoms in total. The molecular weight excluding hydrogens is 335 g/mol. The van der Waals surface area contributed by atoms with Crippen molar-refractivity contribution in [3.63, 3.8) is 0 Å². The predicted molar refractivity (Wildman–Crippen MR) is 84.9 cm³/mol. The van der Waals surface area contributed by atoms with E-state index in [0.717, 1.165) is 23.2 Å². The van der Waals surface area contributed by atoms with E-state index in [1.807, 2.05) is 24.3 Å². The Bertz CT molecular complexity index is 857. The van der Waals surface area contributed by atoms with Gasteiger partial charge in [-0.15, -0.1) is 0 Å². The van der Waals surface area contributed by atoms with Gasteiger partial charge in [0.2, 0.25) is 0 Å². The summed E-state index contributed by atoms with van der Waals surface area (Å²) in [6, 6.07) is 11.8. The molecule has 2 N–H and O–H groups in total. The normalized spacial score (nSPS) is 11.5. The topological polar surface area (TPSA) is 67.0 Å². The van der Waals surface area contributed by atoms with Crippen molar-refractivity contribution in [3.8, 4) is 5.75 Å². The first-order valence-corrected chi connectivity index (χ1v) is 7.42. The van der Waals surface area contributed by atoms with Crippen molar-refractivity contribution in [2.45, 2.75) is 12.7 Å². The van der Waals surface area contributed by atoms with Crippen LogP contribution in [0.1, 0.15) is 11.4 Å². The lowest BCUT2D eigenvalue weighted by Gasteiger charge is -2.10. The van der Waals surface area contributed by atoms with Crippen LogP contribution in [0.2, 0.25) is 0 Å². The molecule has 0 aliphatic heterocycles. The fourth-order valence-corrected chi connectivity index (χ4v) is 2.23. The number of para-hydroxylation sites is 2. The third-order valence-corrected chi connectivity index (χ3v) is 3.42.